The Morgan fingerprint density at radius 3 is 2.50 bits per heavy atom. The number of pyridine rings is 1. The maximum atomic E-state index is 12.1. The van der Waals surface area contributed by atoms with E-state index in [1.165, 1.54) is 36.7 Å². The molecule has 12 heteroatoms. The van der Waals surface area contributed by atoms with Gasteiger partial charge in [0.05, 0.1) is 15.6 Å². The van der Waals surface area contributed by atoms with Crippen molar-refractivity contribution in [3.05, 3.63) is 74.8 Å². The Morgan fingerprint density at radius 2 is 1.79 bits per heavy atom. The van der Waals surface area contributed by atoms with Gasteiger partial charge in [-0.1, -0.05) is 23.2 Å². The summed E-state index contributed by atoms with van der Waals surface area (Å²) in [5.74, 6) is -0.879. The Hall–Kier alpha value is -3.50. The number of carbonyl (C=O) groups excluding carboxylic acids is 1. The van der Waals surface area contributed by atoms with E-state index in [0.717, 1.165) is 6.33 Å². The summed E-state index contributed by atoms with van der Waals surface area (Å²) in [4.78, 5) is 34.5. The third-order valence-electron chi connectivity index (χ3n) is 3.42. The molecular formula is C16H11Cl2N7O3. The highest BCUT2D eigenvalue weighted by molar-refractivity contribution is 6.35. The first-order valence-electron chi connectivity index (χ1n) is 7.63. The average molecular weight is 420 g/mol. The number of aromatic nitrogens is 3. The molecule has 0 atom stereocenters. The van der Waals surface area contributed by atoms with Gasteiger partial charge in [-0.25, -0.2) is 9.97 Å². The topological polar surface area (TPSA) is 135 Å². The zero-order valence-electron chi connectivity index (χ0n) is 13.9. The van der Waals surface area contributed by atoms with E-state index in [4.69, 9.17) is 23.2 Å². The fourth-order valence-electron chi connectivity index (χ4n) is 2.15. The Kier molecular flexibility index (Phi) is 5.82. The van der Waals surface area contributed by atoms with Crippen LogP contribution in [0.3, 0.4) is 0 Å². The van der Waals surface area contributed by atoms with Gasteiger partial charge in [0.25, 0.3) is 5.91 Å². The van der Waals surface area contributed by atoms with Crippen LogP contribution >= 0.6 is 23.2 Å². The number of benzene rings is 1. The van der Waals surface area contributed by atoms with E-state index < -0.39 is 16.5 Å². The normalized spacial score (nSPS) is 10.2. The number of halogens is 2. The molecule has 1 amide bonds. The van der Waals surface area contributed by atoms with E-state index >= 15 is 0 Å². The Balaban J connectivity index is 1.86. The molecule has 28 heavy (non-hydrogen) atoms. The summed E-state index contributed by atoms with van der Waals surface area (Å²) in [6, 6.07) is 7.57. The predicted octanol–water partition coefficient (Wildman–Crippen LogP) is 3.59. The van der Waals surface area contributed by atoms with Crippen molar-refractivity contribution in [2.75, 3.05) is 10.7 Å². The second kappa shape index (κ2) is 8.46. The molecule has 3 rings (SSSR count). The van der Waals surface area contributed by atoms with Crippen LogP contribution in [0.1, 0.15) is 10.4 Å². The van der Waals surface area contributed by atoms with Crippen LogP contribution in [-0.2, 0) is 0 Å². The number of hydrogen-bond acceptors (Lipinski definition) is 8. The van der Waals surface area contributed by atoms with Gasteiger partial charge in [0.2, 0.25) is 11.6 Å². The van der Waals surface area contributed by atoms with Crippen LogP contribution in [0, 0.1) is 10.1 Å². The molecule has 0 radical (unpaired) electrons. The van der Waals surface area contributed by atoms with Crippen LogP contribution in [0.5, 0.6) is 0 Å². The first-order valence-corrected chi connectivity index (χ1v) is 8.39. The van der Waals surface area contributed by atoms with Gasteiger partial charge in [0, 0.05) is 23.0 Å². The highest BCUT2D eigenvalue weighted by Gasteiger charge is 2.24. The van der Waals surface area contributed by atoms with Crippen LogP contribution in [0.15, 0.2) is 49.1 Å². The monoisotopic (exact) mass is 419 g/mol. The van der Waals surface area contributed by atoms with E-state index in [9.17, 15) is 14.9 Å². The number of hydrazine groups is 1. The first kappa shape index (κ1) is 19.3. The van der Waals surface area contributed by atoms with Crippen LogP contribution in [-0.4, -0.2) is 25.8 Å². The van der Waals surface area contributed by atoms with Crippen LogP contribution in [0.25, 0.3) is 0 Å². The third kappa shape index (κ3) is 4.42. The summed E-state index contributed by atoms with van der Waals surface area (Å²) in [6.45, 7) is 0. The van der Waals surface area contributed by atoms with Crippen LogP contribution < -0.4 is 16.2 Å². The van der Waals surface area contributed by atoms with Crippen molar-refractivity contribution in [1.82, 2.24) is 20.4 Å². The quantitative estimate of drug-likeness (QED) is 0.407. The second-order valence-corrected chi connectivity index (χ2v) is 6.08. The minimum absolute atomic E-state index is 0.134. The minimum Gasteiger partial charge on any atom is -0.333 e. The zero-order valence-corrected chi connectivity index (χ0v) is 15.4. The van der Waals surface area contributed by atoms with Gasteiger partial charge in [-0.15, -0.1) is 0 Å². The van der Waals surface area contributed by atoms with Crippen molar-refractivity contribution < 1.29 is 9.72 Å². The van der Waals surface area contributed by atoms with Gasteiger partial charge in [0.15, 0.2) is 0 Å². The standard InChI is InChI=1S/C16H11Cl2N7O3/c17-10-1-2-11(18)12(7-10)22-14-13(25(27)28)15(21-8-20-14)23-24-16(26)9-3-5-19-6-4-9/h1-8H,(H,24,26)(H2,20,21,22,23). The van der Waals surface area contributed by atoms with Crippen LogP contribution in [0.2, 0.25) is 10.0 Å². The summed E-state index contributed by atoms with van der Waals surface area (Å²) >= 11 is 12.0. The van der Waals surface area contributed by atoms with Gasteiger partial charge in [-0.3, -0.25) is 30.7 Å². The fourth-order valence-corrected chi connectivity index (χ4v) is 2.48. The number of rotatable bonds is 6. The van der Waals surface area contributed by atoms with Crippen LogP contribution in [0.4, 0.5) is 23.0 Å². The molecule has 142 valence electrons. The lowest BCUT2D eigenvalue weighted by atomic mass is 10.2. The number of hydrogen-bond donors (Lipinski definition) is 3. The van der Waals surface area contributed by atoms with Gasteiger partial charge >= 0.3 is 5.69 Å². The third-order valence-corrected chi connectivity index (χ3v) is 3.99. The smallest absolute Gasteiger partial charge is 0.333 e. The first-order chi connectivity index (χ1) is 13.5. The van der Waals surface area contributed by atoms with Crippen molar-refractivity contribution in [1.29, 1.82) is 0 Å². The van der Waals surface area contributed by atoms with Crippen molar-refractivity contribution in [2.45, 2.75) is 0 Å². The average Bonchev–Trinajstić information content (AvgIpc) is 2.69. The lowest BCUT2D eigenvalue weighted by Crippen LogP contribution is -2.30. The Morgan fingerprint density at radius 1 is 1.07 bits per heavy atom. The predicted molar refractivity (Wildman–Crippen MR) is 104 cm³/mol. The van der Waals surface area contributed by atoms with Crippen molar-refractivity contribution in [3.63, 3.8) is 0 Å². The summed E-state index contributed by atoms with van der Waals surface area (Å²) in [5.41, 5.74) is 4.91. The minimum atomic E-state index is -0.693. The summed E-state index contributed by atoms with van der Waals surface area (Å²) in [7, 11) is 0. The molecular weight excluding hydrogens is 409 g/mol. The van der Waals surface area contributed by atoms with Gasteiger partial charge in [-0.2, -0.15) is 0 Å². The Labute approximate surface area is 168 Å². The van der Waals surface area contributed by atoms with E-state index in [2.05, 4.69) is 31.1 Å². The molecule has 0 aliphatic carbocycles. The fraction of sp³-hybridized carbons (Fsp3) is 0. The summed E-state index contributed by atoms with van der Waals surface area (Å²) in [6.07, 6.45) is 3.98. The molecule has 0 unspecified atom stereocenters. The number of carbonyl (C=O) groups is 1. The maximum absolute atomic E-state index is 12.1. The molecule has 0 bridgehead atoms. The molecule has 3 N–H and O–H groups in total. The molecule has 1 aromatic carbocycles. The van der Waals surface area contributed by atoms with Gasteiger partial charge < -0.3 is 5.32 Å². The number of nitro groups is 1. The molecule has 2 aromatic heterocycles. The zero-order chi connectivity index (χ0) is 20.1. The number of amides is 1. The summed E-state index contributed by atoms with van der Waals surface area (Å²) in [5, 5.41) is 15.0. The van der Waals surface area contributed by atoms with E-state index in [-0.39, 0.29) is 16.7 Å². The SMILES string of the molecule is O=C(NNc1ncnc(Nc2cc(Cl)ccc2Cl)c1[N+](=O)[O-])c1ccncc1. The maximum Gasteiger partial charge on any atom is 0.355 e. The number of nitrogens with zero attached hydrogens (tertiary/aromatic N) is 4. The molecule has 10 nitrogen and oxygen atoms in total. The second-order valence-electron chi connectivity index (χ2n) is 5.24. The largest absolute Gasteiger partial charge is 0.355 e. The molecule has 0 aliphatic rings. The molecule has 0 fully saturated rings. The van der Waals surface area contributed by atoms with E-state index in [1.807, 2.05) is 0 Å². The van der Waals surface area contributed by atoms with Crippen molar-refractivity contribution in [2.24, 2.45) is 0 Å². The molecule has 0 spiro atoms. The highest BCUT2D eigenvalue weighted by Crippen LogP contribution is 2.34. The van der Waals surface area contributed by atoms with Crippen molar-refractivity contribution in [3.8, 4) is 0 Å². The Bertz CT molecular complexity index is 1030. The van der Waals surface area contributed by atoms with E-state index in [1.54, 1.807) is 6.07 Å². The molecule has 0 aliphatic heterocycles. The van der Waals surface area contributed by atoms with Crippen molar-refractivity contribution >= 4 is 52.1 Å². The van der Waals surface area contributed by atoms with E-state index in [0.29, 0.717) is 16.3 Å². The molecule has 2 heterocycles. The molecule has 0 saturated heterocycles. The van der Waals surface area contributed by atoms with Gasteiger partial charge in [0.1, 0.15) is 6.33 Å². The molecule has 0 saturated carbocycles. The lowest BCUT2D eigenvalue weighted by molar-refractivity contribution is -0.383. The molecule has 3 aromatic rings. The highest BCUT2D eigenvalue weighted by atomic mass is 35.5. The van der Waals surface area contributed by atoms with Gasteiger partial charge in [-0.05, 0) is 30.3 Å². The number of nitrogens with one attached hydrogen (secondary N) is 3. The number of anilines is 3. The lowest BCUT2D eigenvalue weighted by Gasteiger charge is -2.11. The summed E-state index contributed by atoms with van der Waals surface area (Å²) < 4.78 is 0.